The van der Waals surface area contributed by atoms with Gasteiger partial charge in [0.1, 0.15) is 5.82 Å². The van der Waals surface area contributed by atoms with Crippen molar-refractivity contribution < 1.29 is 9.18 Å². The van der Waals surface area contributed by atoms with E-state index < -0.39 is 5.82 Å². The van der Waals surface area contributed by atoms with Crippen LogP contribution in [0.3, 0.4) is 0 Å². The molecule has 0 N–H and O–H groups in total. The van der Waals surface area contributed by atoms with Gasteiger partial charge in [0.05, 0.1) is 5.56 Å². The molecule has 0 amide bonds. The molecule has 0 atom stereocenters. The zero-order valence-electron chi connectivity index (χ0n) is 8.15. The lowest BCUT2D eigenvalue weighted by molar-refractivity contribution is 0.103. The second-order valence-corrected chi connectivity index (χ2v) is 4.02. The van der Waals surface area contributed by atoms with Crippen molar-refractivity contribution in [3.05, 3.63) is 64.1 Å². The van der Waals surface area contributed by atoms with E-state index >= 15 is 0 Å². The lowest BCUT2D eigenvalue weighted by atomic mass is 10.0. The molecule has 2 nitrogen and oxygen atoms in total. The van der Waals surface area contributed by atoms with Crippen molar-refractivity contribution in [1.29, 1.82) is 0 Å². The van der Waals surface area contributed by atoms with Gasteiger partial charge in [-0.2, -0.15) is 0 Å². The van der Waals surface area contributed by atoms with Gasteiger partial charge >= 0.3 is 0 Å². The summed E-state index contributed by atoms with van der Waals surface area (Å²) in [4.78, 5) is 15.8. The van der Waals surface area contributed by atoms with Crippen molar-refractivity contribution in [3.63, 3.8) is 0 Å². The Morgan fingerprint density at radius 3 is 2.62 bits per heavy atom. The molecule has 1 aromatic heterocycles. The van der Waals surface area contributed by atoms with Gasteiger partial charge in [-0.15, -0.1) is 0 Å². The van der Waals surface area contributed by atoms with Crippen LogP contribution in [0.5, 0.6) is 0 Å². The predicted molar refractivity (Wildman–Crippen MR) is 61.8 cm³/mol. The summed E-state index contributed by atoms with van der Waals surface area (Å²) in [5, 5.41) is 0. The molecule has 0 aliphatic carbocycles. The van der Waals surface area contributed by atoms with Crippen molar-refractivity contribution in [1.82, 2.24) is 4.98 Å². The van der Waals surface area contributed by atoms with E-state index in [0.29, 0.717) is 10.0 Å². The van der Waals surface area contributed by atoms with Crippen molar-refractivity contribution >= 4 is 21.7 Å². The molecule has 0 bridgehead atoms. The van der Waals surface area contributed by atoms with E-state index in [-0.39, 0.29) is 11.3 Å². The molecule has 1 heterocycles. The van der Waals surface area contributed by atoms with Gasteiger partial charge in [0.15, 0.2) is 5.78 Å². The van der Waals surface area contributed by atoms with Crippen molar-refractivity contribution in [2.45, 2.75) is 0 Å². The molecule has 2 rings (SSSR count). The van der Waals surface area contributed by atoms with Crippen LogP contribution in [-0.2, 0) is 0 Å². The maximum absolute atomic E-state index is 13.4. The van der Waals surface area contributed by atoms with Crippen LogP contribution in [-0.4, -0.2) is 10.8 Å². The largest absolute Gasteiger partial charge is 0.288 e. The molecule has 1 aromatic carbocycles. The molecular weight excluding hydrogens is 273 g/mol. The number of aromatic nitrogens is 1. The number of rotatable bonds is 2. The Balaban J connectivity index is 2.48. The first kappa shape index (κ1) is 11.0. The van der Waals surface area contributed by atoms with Crippen LogP contribution in [0, 0.1) is 5.82 Å². The molecular formula is C12H7BrFNO. The maximum Gasteiger partial charge on any atom is 0.197 e. The fourth-order valence-electron chi connectivity index (χ4n) is 1.35. The van der Waals surface area contributed by atoms with Gasteiger partial charge < -0.3 is 0 Å². The van der Waals surface area contributed by atoms with Gasteiger partial charge in [0.25, 0.3) is 0 Å². The normalized spacial score (nSPS) is 10.1. The van der Waals surface area contributed by atoms with Gasteiger partial charge in [0, 0.05) is 22.4 Å². The van der Waals surface area contributed by atoms with Crippen LogP contribution < -0.4 is 0 Å². The topological polar surface area (TPSA) is 30.0 Å². The fourth-order valence-corrected chi connectivity index (χ4v) is 1.78. The highest BCUT2D eigenvalue weighted by molar-refractivity contribution is 9.10. The molecule has 0 aliphatic heterocycles. The number of hydrogen-bond donors (Lipinski definition) is 0. The third kappa shape index (κ3) is 2.02. The minimum absolute atomic E-state index is 0.0643. The summed E-state index contributed by atoms with van der Waals surface area (Å²) >= 11 is 3.21. The molecule has 0 saturated carbocycles. The van der Waals surface area contributed by atoms with E-state index in [9.17, 15) is 9.18 Å². The second kappa shape index (κ2) is 4.53. The Labute approximate surface area is 100 Å². The molecule has 0 fully saturated rings. The highest BCUT2D eigenvalue weighted by Crippen LogP contribution is 2.19. The van der Waals surface area contributed by atoms with E-state index in [1.165, 1.54) is 24.5 Å². The zero-order valence-corrected chi connectivity index (χ0v) is 9.74. The van der Waals surface area contributed by atoms with E-state index in [1.807, 2.05) is 0 Å². The first-order valence-electron chi connectivity index (χ1n) is 4.59. The molecule has 0 saturated heterocycles. The van der Waals surface area contributed by atoms with Gasteiger partial charge in [-0.25, -0.2) is 4.39 Å². The summed E-state index contributed by atoms with van der Waals surface area (Å²) in [5.41, 5.74) is 0.467. The molecule has 0 unspecified atom stereocenters. The highest BCUT2D eigenvalue weighted by atomic mass is 79.9. The number of halogens is 2. The summed E-state index contributed by atoms with van der Waals surface area (Å²) in [6, 6.07) is 7.46. The smallest absolute Gasteiger partial charge is 0.197 e. The van der Waals surface area contributed by atoms with Crippen LogP contribution in [0.2, 0.25) is 0 Å². The second-order valence-electron chi connectivity index (χ2n) is 3.16. The van der Waals surface area contributed by atoms with Crippen LogP contribution in [0.4, 0.5) is 4.39 Å². The number of hydrogen-bond acceptors (Lipinski definition) is 2. The molecule has 0 aliphatic rings. The minimum atomic E-state index is -0.517. The molecule has 2 aromatic rings. The number of carbonyl (C=O) groups excluding carboxylic acids is 1. The lowest BCUT2D eigenvalue weighted by Gasteiger charge is -2.03. The van der Waals surface area contributed by atoms with Crippen LogP contribution >= 0.6 is 15.9 Å². The Bertz CT molecular complexity index is 495. The highest BCUT2D eigenvalue weighted by Gasteiger charge is 2.15. The Morgan fingerprint density at radius 1 is 1.19 bits per heavy atom. The Hall–Kier alpha value is -1.55. The van der Waals surface area contributed by atoms with Crippen LogP contribution in [0.1, 0.15) is 15.9 Å². The quantitative estimate of drug-likeness (QED) is 0.790. The molecule has 0 spiro atoms. The lowest BCUT2D eigenvalue weighted by Crippen LogP contribution is -2.05. The van der Waals surface area contributed by atoms with Gasteiger partial charge in [0.2, 0.25) is 0 Å². The average molecular weight is 280 g/mol. The number of ketones is 1. The zero-order chi connectivity index (χ0) is 11.5. The van der Waals surface area contributed by atoms with E-state index in [0.717, 1.165) is 0 Å². The molecule has 0 radical (unpaired) electrons. The van der Waals surface area contributed by atoms with Crippen molar-refractivity contribution in [2.75, 3.05) is 0 Å². The summed E-state index contributed by atoms with van der Waals surface area (Å²) < 4.78 is 14.0. The first-order chi connectivity index (χ1) is 7.70. The fraction of sp³-hybridized carbons (Fsp3) is 0. The number of benzene rings is 1. The molecule has 16 heavy (non-hydrogen) atoms. The van der Waals surface area contributed by atoms with Crippen molar-refractivity contribution in [2.24, 2.45) is 0 Å². The minimum Gasteiger partial charge on any atom is -0.288 e. The number of pyridine rings is 1. The van der Waals surface area contributed by atoms with Gasteiger partial charge in [-0.05, 0) is 34.1 Å². The van der Waals surface area contributed by atoms with E-state index in [4.69, 9.17) is 0 Å². The summed E-state index contributed by atoms with van der Waals surface area (Å²) in [7, 11) is 0. The van der Waals surface area contributed by atoms with Crippen LogP contribution in [0.25, 0.3) is 0 Å². The van der Waals surface area contributed by atoms with Crippen molar-refractivity contribution in [3.8, 4) is 0 Å². The summed E-state index contributed by atoms with van der Waals surface area (Å²) in [6.45, 7) is 0. The van der Waals surface area contributed by atoms with E-state index in [1.54, 1.807) is 18.2 Å². The predicted octanol–water partition coefficient (Wildman–Crippen LogP) is 3.21. The summed E-state index contributed by atoms with van der Waals surface area (Å²) in [5.74, 6) is -0.872. The van der Waals surface area contributed by atoms with Gasteiger partial charge in [-0.1, -0.05) is 12.1 Å². The van der Waals surface area contributed by atoms with E-state index in [2.05, 4.69) is 20.9 Å². The average Bonchev–Trinajstić information content (AvgIpc) is 2.29. The Morgan fingerprint density at radius 2 is 1.94 bits per heavy atom. The standard InChI is InChI=1S/C12H7BrFNO/c13-10-7-15-6-5-8(10)12(16)9-3-1-2-4-11(9)14/h1-7H. The maximum atomic E-state index is 13.4. The summed E-state index contributed by atoms with van der Waals surface area (Å²) in [6.07, 6.45) is 3.01. The number of nitrogens with zero attached hydrogens (tertiary/aromatic N) is 1. The van der Waals surface area contributed by atoms with Crippen LogP contribution in [0.15, 0.2) is 47.2 Å². The van der Waals surface area contributed by atoms with Gasteiger partial charge in [-0.3, -0.25) is 9.78 Å². The monoisotopic (exact) mass is 279 g/mol. The number of carbonyl (C=O) groups is 1. The third-order valence-electron chi connectivity index (χ3n) is 2.14. The third-order valence-corrected chi connectivity index (χ3v) is 2.77. The molecule has 4 heteroatoms. The first-order valence-corrected chi connectivity index (χ1v) is 5.38. The molecule has 80 valence electrons. The Kier molecular flexibility index (Phi) is 3.10. The SMILES string of the molecule is O=C(c1ccccc1F)c1ccncc1Br.